The third kappa shape index (κ3) is 5.64. The van der Waals surface area contributed by atoms with Crippen LogP contribution in [0.3, 0.4) is 0 Å². The average molecular weight is 421 g/mol. The monoisotopic (exact) mass is 420 g/mol. The van der Waals surface area contributed by atoms with E-state index in [1.807, 2.05) is 0 Å². The second-order valence-corrected chi connectivity index (χ2v) is 9.73. The Morgan fingerprint density at radius 1 is 0.548 bits per heavy atom. The number of nitrogen functional groups attached to an aromatic ring is 2. The highest BCUT2D eigenvalue weighted by Crippen LogP contribution is 2.55. The van der Waals surface area contributed by atoms with Gasteiger partial charge in [0.15, 0.2) is 0 Å². The summed E-state index contributed by atoms with van der Waals surface area (Å²) in [4.78, 5) is 0. The van der Waals surface area contributed by atoms with Crippen molar-refractivity contribution in [1.82, 2.24) is 0 Å². The van der Waals surface area contributed by atoms with Gasteiger partial charge in [-0.3, -0.25) is 0 Å². The van der Waals surface area contributed by atoms with Crippen molar-refractivity contribution in [2.24, 2.45) is 0 Å². The Morgan fingerprint density at radius 2 is 0.935 bits per heavy atom. The van der Waals surface area contributed by atoms with Crippen LogP contribution in [0.2, 0.25) is 0 Å². The highest BCUT2D eigenvalue weighted by Gasteiger charge is 2.42. The summed E-state index contributed by atoms with van der Waals surface area (Å²) in [6.07, 6.45) is 18.4. The molecule has 3 rings (SSSR count). The van der Waals surface area contributed by atoms with Crippen LogP contribution in [0.25, 0.3) is 11.1 Å². The third-order valence-corrected chi connectivity index (χ3v) is 7.32. The van der Waals surface area contributed by atoms with Gasteiger partial charge in [-0.25, -0.2) is 0 Å². The molecule has 0 radical (unpaired) electrons. The predicted molar refractivity (Wildman–Crippen MR) is 137 cm³/mol. The number of hydrogen-bond donors (Lipinski definition) is 2. The van der Waals surface area contributed by atoms with Crippen molar-refractivity contribution in [3.63, 3.8) is 0 Å². The maximum absolute atomic E-state index is 6.31. The first-order valence-corrected chi connectivity index (χ1v) is 12.9. The molecule has 0 fully saturated rings. The molecule has 2 aromatic rings. The standard InChI is InChI=1S/C29H44N2/c1-3-5-7-9-11-13-19-29(20-14-12-10-8-6-4-2)27-21-23(30)15-17-25(27)26-18-16-24(31)22-28(26)29/h15-18,21-22H,3-14,19-20,30-31H2,1-2H3. The van der Waals surface area contributed by atoms with Gasteiger partial charge in [0.1, 0.15) is 0 Å². The molecule has 0 aromatic heterocycles. The SMILES string of the molecule is CCCCCCCCC1(CCCCCCCC)c2cc(N)ccc2-c2ccc(N)cc21. The Labute approximate surface area is 190 Å². The lowest BCUT2D eigenvalue weighted by molar-refractivity contribution is 0.398. The van der Waals surface area contributed by atoms with Gasteiger partial charge >= 0.3 is 0 Å². The summed E-state index contributed by atoms with van der Waals surface area (Å²) in [6.45, 7) is 4.58. The van der Waals surface area contributed by atoms with Crippen LogP contribution in [-0.4, -0.2) is 0 Å². The lowest BCUT2D eigenvalue weighted by Crippen LogP contribution is -2.26. The lowest BCUT2D eigenvalue weighted by atomic mass is 9.70. The van der Waals surface area contributed by atoms with E-state index in [1.54, 1.807) is 0 Å². The number of fused-ring (bicyclic) bond motifs is 3. The molecule has 0 spiro atoms. The smallest absolute Gasteiger partial charge is 0.0317 e. The van der Waals surface area contributed by atoms with Gasteiger partial charge in [-0.15, -0.1) is 0 Å². The molecule has 2 aromatic carbocycles. The molecule has 4 N–H and O–H groups in total. The van der Waals surface area contributed by atoms with Crippen LogP contribution in [0.15, 0.2) is 36.4 Å². The normalized spacial score (nSPS) is 13.9. The van der Waals surface area contributed by atoms with E-state index in [0.29, 0.717) is 0 Å². The van der Waals surface area contributed by atoms with Crippen molar-refractivity contribution in [2.45, 2.75) is 109 Å². The lowest BCUT2D eigenvalue weighted by Gasteiger charge is -2.33. The molecule has 2 nitrogen and oxygen atoms in total. The predicted octanol–water partition coefficient (Wildman–Crippen LogP) is 8.62. The molecule has 0 saturated heterocycles. The van der Waals surface area contributed by atoms with Gasteiger partial charge in [0.25, 0.3) is 0 Å². The second-order valence-electron chi connectivity index (χ2n) is 9.73. The first kappa shape index (κ1) is 23.7. The molecule has 0 bridgehead atoms. The first-order chi connectivity index (χ1) is 15.1. The van der Waals surface area contributed by atoms with Crippen molar-refractivity contribution in [2.75, 3.05) is 11.5 Å². The molecule has 0 heterocycles. The Bertz CT molecular complexity index is 754. The third-order valence-electron chi connectivity index (χ3n) is 7.32. The molecule has 1 aliphatic rings. The van der Waals surface area contributed by atoms with E-state index < -0.39 is 0 Å². The van der Waals surface area contributed by atoms with Crippen LogP contribution in [0, 0.1) is 0 Å². The van der Waals surface area contributed by atoms with E-state index in [-0.39, 0.29) is 5.41 Å². The van der Waals surface area contributed by atoms with Gasteiger partial charge in [-0.1, -0.05) is 103 Å². The minimum absolute atomic E-state index is 0.0743. The summed E-state index contributed by atoms with van der Waals surface area (Å²) in [7, 11) is 0. The van der Waals surface area contributed by atoms with E-state index in [9.17, 15) is 0 Å². The number of anilines is 2. The van der Waals surface area contributed by atoms with Crippen molar-refractivity contribution < 1.29 is 0 Å². The summed E-state index contributed by atoms with van der Waals surface area (Å²) >= 11 is 0. The Morgan fingerprint density at radius 3 is 1.35 bits per heavy atom. The van der Waals surface area contributed by atoms with Crippen LogP contribution in [0.5, 0.6) is 0 Å². The molecular formula is C29H44N2. The largest absolute Gasteiger partial charge is 0.399 e. The van der Waals surface area contributed by atoms with E-state index in [4.69, 9.17) is 11.5 Å². The van der Waals surface area contributed by atoms with Gasteiger partial charge in [0.05, 0.1) is 0 Å². The molecule has 31 heavy (non-hydrogen) atoms. The molecule has 0 atom stereocenters. The minimum atomic E-state index is 0.0743. The van der Waals surface area contributed by atoms with Crippen molar-refractivity contribution in [1.29, 1.82) is 0 Å². The van der Waals surface area contributed by atoms with E-state index in [1.165, 1.54) is 112 Å². The number of rotatable bonds is 14. The van der Waals surface area contributed by atoms with Crippen LogP contribution >= 0.6 is 0 Å². The fourth-order valence-electron chi connectivity index (χ4n) is 5.61. The van der Waals surface area contributed by atoms with Gasteiger partial charge < -0.3 is 11.5 Å². The quantitative estimate of drug-likeness (QED) is 0.237. The maximum atomic E-state index is 6.31. The van der Waals surface area contributed by atoms with Gasteiger partial charge in [0.2, 0.25) is 0 Å². The zero-order chi connectivity index (χ0) is 22.1. The molecule has 2 heteroatoms. The topological polar surface area (TPSA) is 52.0 Å². The van der Waals surface area contributed by atoms with Crippen molar-refractivity contribution in [3.05, 3.63) is 47.5 Å². The van der Waals surface area contributed by atoms with Gasteiger partial charge in [-0.05, 0) is 59.4 Å². The summed E-state index contributed by atoms with van der Waals surface area (Å²) in [5.74, 6) is 0. The fraction of sp³-hybridized carbons (Fsp3) is 0.586. The molecule has 170 valence electrons. The number of benzene rings is 2. The molecule has 0 amide bonds. The van der Waals surface area contributed by atoms with Crippen LogP contribution in [0.1, 0.15) is 115 Å². The number of unbranched alkanes of at least 4 members (excludes halogenated alkanes) is 10. The van der Waals surface area contributed by atoms with E-state index in [2.05, 4.69) is 50.2 Å². The molecule has 0 saturated carbocycles. The minimum Gasteiger partial charge on any atom is -0.399 e. The van der Waals surface area contributed by atoms with Gasteiger partial charge in [-0.2, -0.15) is 0 Å². The van der Waals surface area contributed by atoms with Crippen LogP contribution in [0.4, 0.5) is 11.4 Å². The summed E-state index contributed by atoms with van der Waals surface area (Å²) in [6, 6.07) is 13.1. The number of nitrogens with two attached hydrogens (primary N) is 2. The first-order valence-electron chi connectivity index (χ1n) is 12.9. The average Bonchev–Trinajstić information content (AvgIpc) is 3.02. The van der Waals surface area contributed by atoms with E-state index in [0.717, 1.165) is 11.4 Å². The maximum Gasteiger partial charge on any atom is 0.0317 e. The van der Waals surface area contributed by atoms with Crippen LogP contribution in [-0.2, 0) is 5.41 Å². The summed E-state index contributed by atoms with van der Waals surface area (Å²) in [5, 5.41) is 0. The highest BCUT2D eigenvalue weighted by molar-refractivity contribution is 5.83. The van der Waals surface area contributed by atoms with Crippen molar-refractivity contribution in [3.8, 4) is 11.1 Å². The second kappa shape index (κ2) is 11.6. The number of hydrogen-bond acceptors (Lipinski definition) is 2. The zero-order valence-corrected chi connectivity index (χ0v) is 20.0. The Hall–Kier alpha value is -1.96. The van der Waals surface area contributed by atoms with Crippen molar-refractivity contribution >= 4 is 11.4 Å². The summed E-state index contributed by atoms with van der Waals surface area (Å²) in [5.41, 5.74) is 20.1. The summed E-state index contributed by atoms with van der Waals surface area (Å²) < 4.78 is 0. The van der Waals surface area contributed by atoms with Crippen LogP contribution < -0.4 is 11.5 Å². The molecule has 0 aliphatic heterocycles. The van der Waals surface area contributed by atoms with Gasteiger partial charge in [0, 0.05) is 16.8 Å². The Kier molecular flexibility index (Phi) is 8.87. The van der Waals surface area contributed by atoms with E-state index >= 15 is 0 Å². The highest BCUT2D eigenvalue weighted by atomic mass is 14.6. The molecular weight excluding hydrogens is 376 g/mol. The fourth-order valence-corrected chi connectivity index (χ4v) is 5.61. The zero-order valence-electron chi connectivity index (χ0n) is 20.0. The Balaban J connectivity index is 1.85. The molecule has 1 aliphatic carbocycles. The molecule has 0 unspecified atom stereocenters.